The summed E-state index contributed by atoms with van der Waals surface area (Å²) in [5, 5.41) is 8.48. The highest BCUT2D eigenvalue weighted by molar-refractivity contribution is 5.35. The first-order valence-electron chi connectivity index (χ1n) is 10.4. The third kappa shape index (κ3) is 4.78. The lowest BCUT2D eigenvalue weighted by molar-refractivity contribution is 0.461. The van der Waals surface area contributed by atoms with E-state index in [4.69, 9.17) is 4.74 Å². The quantitative estimate of drug-likeness (QED) is 0.394. The largest absolute Gasteiger partial charge is 0.457 e. The van der Waals surface area contributed by atoms with Crippen molar-refractivity contribution < 1.29 is 4.74 Å². The van der Waals surface area contributed by atoms with Crippen molar-refractivity contribution in [3.63, 3.8) is 0 Å². The molecule has 0 radical (unpaired) electrons. The summed E-state index contributed by atoms with van der Waals surface area (Å²) >= 11 is 0. The van der Waals surface area contributed by atoms with Crippen LogP contribution in [-0.4, -0.2) is 9.78 Å². The number of aryl methyl sites for hydroxylation is 1. The maximum Gasteiger partial charge on any atom is 0.127 e. The average Bonchev–Trinajstić information content (AvgIpc) is 3.22. The molecule has 2 unspecified atom stereocenters. The third-order valence-electron chi connectivity index (χ3n) is 5.20. The van der Waals surface area contributed by atoms with Crippen LogP contribution in [-0.2, 0) is 7.05 Å². The van der Waals surface area contributed by atoms with Crippen LogP contribution in [0.2, 0.25) is 0 Å². The van der Waals surface area contributed by atoms with E-state index in [-0.39, 0.29) is 12.1 Å². The van der Waals surface area contributed by atoms with E-state index in [0.717, 1.165) is 23.6 Å². The molecule has 1 N–H and O–H groups in total. The zero-order chi connectivity index (χ0) is 20.8. The van der Waals surface area contributed by atoms with Crippen LogP contribution in [0.4, 0.5) is 0 Å². The van der Waals surface area contributed by atoms with Gasteiger partial charge >= 0.3 is 0 Å². The lowest BCUT2D eigenvalue weighted by Crippen LogP contribution is -2.27. The summed E-state index contributed by atoms with van der Waals surface area (Å²) in [6.45, 7) is 2.20. The first-order chi connectivity index (χ1) is 14.7. The Balaban J connectivity index is 1.54. The van der Waals surface area contributed by atoms with Crippen LogP contribution in [0.3, 0.4) is 0 Å². The highest BCUT2D eigenvalue weighted by Crippen LogP contribution is 2.28. The highest BCUT2D eigenvalue weighted by atomic mass is 16.5. The van der Waals surface area contributed by atoms with Gasteiger partial charge in [-0.05, 0) is 47.9 Å². The van der Waals surface area contributed by atoms with Crippen LogP contribution in [0.25, 0.3) is 0 Å². The van der Waals surface area contributed by atoms with Gasteiger partial charge in [0.2, 0.25) is 0 Å². The molecular formula is C26H27N3O. The monoisotopic (exact) mass is 397 g/mol. The minimum Gasteiger partial charge on any atom is -0.457 e. The molecule has 0 aliphatic carbocycles. The van der Waals surface area contributed by atoms with Crippen LogP contribution in [0, 0.1) is 0 Å². The van der Waals surface area contributed by atoms with Gasteiger partial charge < -0.3 is 4.74 Å². The van der Waals surface area contributed by atoms with E-state index < -0.39 is 0 Å². The summed E-state index contributed by atoms with van der Waals surface area (Å²) in [6.07, 6.45) is 2.96. The molecule has 1 aromatic heterocycles. The molecule has 0 bridgehead atoms. The summed E-state index contributed by atoms with van der Waals surface area (Å²) < 4.78 is 7.79. The highest BCUT2D eigenvalue weighted by Gasteiger charge is 2.21. The Hall–Kier alpha value is -3.37. The van der Waals surface area contributed by atoms with Gasteiger partial charge in [-0.3, -0.25) is 10.00 Å². The molecule has 1 heterocycles. The maximum atomic E-state index is 5.94. The number of benzene rings is 3. The van der Waals surface area contributed by atoms with Crippen LogP contribution in [0.1, 0.15) is 42.2 Å². The lowest BCUT2D eigenvalue weighted by Gasteiger charge is -2.25. The smallest absolute Gasteiger partial charge is 0.127 e. The van der Waals surface area contributed by atoms with Gasteiger partial charge in [0.05, 0.1) is 11.7 Å². The standard InChI is InChI=1S/C26H27N3O/c1-3-24(20-14-16-23(17-15-20)30-22-12-8-5-9-13-22)27-26(21-10-6-4-7-11-21)25-18-19-29(2)28-25/h4-19,24,26-27H,3H2,1-2H3. The summed E-state index contributed by atoms with van der Waals surface area (Å²) in [5.74, 6) is 1.68. The second kappa shape index (κ2) is 9.42. The van der Waals surface area contributed by atoms with Crippen LogP contribution in [0.15, 0.2) is 97.2 Å². The zero-order valence-corrected chi connectivity index (χ0v) is 17.4. The van der Waals surface area contributed by atoms with Crippen molar-refractivity contribution in [3.05, 3.63) is 114 Å². The van der Waals surface area contributed by atoms with Gasteiger partial charge in [-0.15, -0.1) is 0 Å². The number of nitrogens with one attached hydrogen (secondary N) is 1. The van der Waals surface area contributed by atoms with Gasteiger partial charge in [0.1, 0.15) is 11.5 Å². The van der Waals surface area contributed by atoms with Crippen molar-refractivity contribution in [2.75, 3.05) is 0 Å². The van der Waals surface area contributed by atoms with E-state index >= 15 is 0 Å². The molecule has 0 saturated heterocycles. The van der Waals surface area contributed by atoms with Crippen molar-refractivity contribution in [1.82, 2.24) is 15.1 Å². The molecule has 0 fully saturated rings. The average molecular weight is 398 g/mol. The second-order valence-corrected chi connectivity index (χ2v) is 7.37. The normalized spacial score (nSPS) is 13.0. The van der Waals surface area contributed by atoms with E-state index in [2.05, 4.69) is 59.8 Å². The predicted molar refractivity (Wildman–Crippen MR) is 121 cm³/mol. The Morgan fingerprint density at radius 3 is 2.03 bits per heavy atom. The van der Waals surface area contributed by atoms with Crippen molar-refractivity contribution in [1.29, 1.82) is 0 Å². The number of ether oxygens (including phenoxy) is 1. The fourth-order valence-electron chi connectivity index (χ4n) is 3.63. The van der Waals surface area contributed by atoms with Crippen LogP contribution in [0.5, 0.6) is 11.5 Å². The molecule has 0 spiro atoms. The zero-order valence-electron chi connectivity index (χ0n) is 17.4. The number of aromatic nitrogens is 2. The van der Waals surface area contributed by atoms with Crippen molar-refractivity contribution >= 4 is 0 Å². The Bertz CT molecular complexity index is 1040. The molecule has 152 valence electrons. The van der Waals surface area contributed by atoms with Crippen molar-refractivity contribution in [2.45, 2.75) is 25.4 Å². The Kier molecular flexibility index (Phi) is 6.26. The number of hydrogen-bond donors (Lipinski definition) is 1. The molecule has 30 heavy (non-hydrogen) atoms. The van der Waals surface area contributed by atoms with Gasteiger partial charge in [0.15, 0.2) is 0 Å². The fraction of sp³-hybridized carbons (Fsp3) is 0.192. The Morgan fingerprint density at radius 1 is 0.800 bits per heavy atom. The Morgan fingerprint density at radius 2 is 1.43 bits per heavy atom. The summed E-state index contributed by atoms with van der Waals surface area (Å²) in [6, 6.07) is 31.0. The Labute approximate surface area is 178 Å². The second-order valence-electron chi connectivity index (χ2n) is 7.37. The summed E-state index contributed by atoms with van der Waals surface area (Å²) in [4.78, 5) is 0. The lowest BCUT2D eigenvalue weighted by atomic mass is 9.98. The number of para-hydroxylation sites is 1. The van der Waals surface area contributed by atoms with E-state index in [1.807, 2.05) is 66.5 Å². The van der Waals surface area contributed by atoms with Gasteiger partial charge in [0, 0.05) is 19.3 Å². The van der Waals surface area contributed by atoms with Gasteiger partial charge in [-0.1, -0.05) is 67.6 Å². The molecular weight excluding hydrogens is 370 g/mol. The van der Waals surface area contributed by atoms with Crippen LogP contribution < -0.4 is 10.1 Å². The van der Waals surface area contributed by atoms with Crippen LogP contribution >= 0.6 is 0 Å². The number of hydrogen-bond acceptors (Lipinski definition) is 3. The SMILES string of the molecule is CCC(NC(c1ccccc1)c1ccn(C)n1)c1ccc(Oc2ccccc2)cc1. The summed E-state index contributed by atoms with van der Waals surface area (Å²) in [7, 11) is 1.95. The molecule has 0 saturated carbocycles. The third-order valence-corrected chi connectivity index (χ3v) is 5.20. The first-order valence-corrected chi connectivity index (χ1v) is 10.4. The van der Waals surface area contributed by atoms with Crippen molar-refractivity contribution in [2.24, 2.45) is 7.05 Å². The molecule has 4 nitrogen and oxygen atoms in total. The molecule has 0 amide bonds. The molecule has 4 aromatic rings. The molecule has 2 atom stereocenters. The van der Waals surface area contributed by atoms with Gasteiger partial charge in [-0.25, -0.2) is 0 Å². The number of rotatable bonds is 8. The number of nitrogens with zero attached hydrogens (tertiary/aromatic N) is 2. The van der Waals surface area contributed by atoms with Gasteiger partial charge in [0.25, 0.3) is 0 Å². The fourth-order valence-corrected chi connectivity index (χ4v) is 3.63. The van der Waals surface area contributed by atoms with Crippen molar-refractivity contribution in [3.8, 4) is 11.5 Å². The molecule has 3 aromatic carbocycles. The minimum atomic E-state index is 0.0256. The van der Waals surface area contributed by atoms with E-state index in [1.54, 1.807) is 0 Å². The van der Waals surface area contributed by atoms with Gasteiger partial charge in [-0.2, -0.15) is 5.10 Å². The first kappa shape index (κ1) is 19.9. The molecule has 4 rings (SSSR count). The predicted octanol–water partition coefficient (Wildman–Crippen LogP) is 6.04. The van der Waals surface area contributed by atoms with E-state index in [9.17, 15) is 0 Å². The topological polar surface area (TPSA) is 39.1 Å². The van der Waals surface area contributed by atoms with E-state index in [1.165, 1.54) is 11.1 Å². The molecule has 4 heteroatoms. The molecule has 0 aliphatic rings. The minimum absolute atomic E-state index is 0.0256. The summed E-state index contributed by atoms with van der Waals surface area (Å²) in [5.41, 5.74) is 3.46. The maximum absolute atomic E-state index is 5.94. The molecule has 0 aliphatic heterocycles. The van der Waals surface area contributed by atoms with E-state index in [0.29, 0.717) is 0 Å².